The highest BCUT2D eigenvalue weighted by Gasteiger charge is 2.31. The molecule has 0 heterocycles. The van der Waals surface area contributed by atoms with E-state index in [-0.39, 0.29) is 4.90 Å². The Morgan fingerprint density at radius 3 is 2.50 bits per heavy atom. The molecular weight excluding hydrogens is 335 g/mol. The molecule has 0 fully saturated rings. The summed E-state index contributed by atoms with van der Waals surface area (Å²) >= 11 is 3.10. The van der Waals surface area contributed by atoms with Crippen LogP contribution < -0.4 is 4.72 Å². The monoisotopic (exact) mass is 345 g/mol. The van der Waals surface area contributed by atoms with Gasteiger partial charge in [0.25, 0.3) is 0 Å². The van der Waals surface area contributed by atoms with E-state index in [4.69, 9.17) is 0 Å². The normalized spacial score (nSPS) is 14.5. The summed E-state index contributed by atoms with van der Waals surface area (Å²) in [6.07, 6.45) is -5.61. The highest BCUT2D eigenvalue weighted by atomic mass is 79.9. The lowest BCUT2D eigenvalue weighted by atomic mass is 10.2. The molecular formula is C10H11BrF3NO2S. The Labute approximate surface area is 112 Å². The van der Waals surface area contributed by atoms with Crippen LogP contribution in [0.1, 0.15) is 13.3 Å². The molecule has 0 radical (unpaired) electrons. The highest BCUT2D eigenvalue weighted by Crippen LogP contribution is 2.22. The van der Waals surface area contributed by atoms with E-state index in [0.29, 0.717) is 4.47 Å². The van der Waals surface area contributed by atoms with E-state index >= 15 is 0 Å². The quantitative estimate of drug-likeness (QED) is 0.911. The predicted molar refractivity (Wildman–Crippen MR) is 64.6 cm³/mol. The number of rotatable bonds is 4. The molecule has 0 aliphatic carbocycles. The molecule has 1 N–H and O–H groups in total. The Hall–Kier alpha value is -0.600. The number of halogens is 4. The van der Waals surface area contributed by atoms with Crippen LogP contribution in [0.15, 0.2) is 33.6 Å². The SMILES string of the molecule is CC(CC(F)(F)F)NS(=O)(=O)c1cccc(Br)c1. The summed E-state index contributed by atoms with van der Waals surface area (Å²) in [6.45, 7) is 1.17. The first-order chi connectivity index (χ1) is 8.10. The van der Waals surface area contributed by atoms with E-state index < -0.39 is 28.7 Å². The number of nitrogens with one attached hydrogen (secondary N) is 1. The molecule has 1 unspecified atom stereocenters. The number of hydrogen-bond acceptors (Lipinski definition) is 2. The molecule has 0 bridgehead atoms. The fourth-order valence-corrected chi connectivity index (χ4v) is 3.20. The van der Waals surface area contributed by atoms with Crippen LogP contribution in [0, 0.1) is 0 Å². The molecule has 0 aliphatic heterocycles. The molecule has 0 aliphatic rings. The largest absolute Gasteiger partial charge is 0.390 e. The minimum atomic E-state index is -4.40. The van der Waals surface area contributed by atoms with Crippen molar-refractivity contribution in [2.24, 2.45) is 0 Å². The summed E-state index contributed by atoms with van der Waals surface area (Å²) in [4.78, 5) is -0.0779. The Bertz CT molecular complexity index is 516. The molecule has 18 heavy (non-hydrogen) atoms. The minimum Gasteiger partial charge on any atom is -0.208 e. The maximum absolute atomic E-state index is 12.1. The first-order valence-electron chi connectivity index (χ1n) is 4.95. The Kier molecular flexibility index (Phi) is 4.79. The van der Waals surface area contributed by atoms with Gasteiger partial charge in [-0.05, 0) is 25.1 Å². The average Bonchev–Trinajstić information content (AvgIpc) is 2.13. The van der Waals surface area contributed by atoms with Crippen molar-refractivity contribution < 1.29 is 21.6 Å². The van der Waals surface area contributed by atoms with Gasteiger partial charge >= 0.3 is 6.18 Å². The molecule has 0 aromatic heterocycles. The van der Waals surface area contributed by atoms with Gasteiger partial charge in [0.05, 0.1) is 11.3 Å². The van der Waals surface area contributed by atoms with Crippen LogP contribution in [-0.2, 0) is 10.0 Å². The lowest BCUT2D eigenvalue weighted by Crippen LogP contribution is -2.35. The summed E-state index contributed by atoms with van der Waals surface area (Å²) in [5.74, 6) is 0. The van der Waals surface area contributed by atoms with Crippen molar-refractivity contribution in [2.45, 2.75) is 30.5 Å². The molecule has 3 nitrogen and oxygen atoms in total. The lowest BCUT2D eigenvalue weighted by Gasteiger charge is -2.16. The summed E-state index contributed by atoms with van der Waals surface area (Å²) in [7, 11) is -3.93. The zero-order valence-corrected chi connectivity index (χ0v) is 11.7. The average molecular weight is 346 g/mol. The van der Waals surface area contributed by atoms with E-state index in [9.17, 15) is 21.6 Å². The second-order valence-electron chi connectivity index (χ2n) is 3.80. The third-order valence-corrected chi connectivity index (χ3v) is 4.08. The zero-order chi connectivity index (χ0) is 14.0. The smallest absolute Gasteiger partial charge is 0.208 e. The van der Waals surface area contributed by atoms with Crippen molar-refractivity contribution in [3.8, 4) is 0 Å². The first kappa shape index (κ1) is 15.5. The second kappa shape index (κ2) is 5.58. The molecule has 1 atom stereocenters. The third kappa shape index (κ3) is 4.95. The summed E-state index contributed by atoms with van der Waals surface area (Å²) in [5, 5.41) is 0. The van der Waals surface area contributed by atoms with Crippen LogP contribution in [0.25, 0.3) is 0 Å². The van der Waals surface area contributed by atoms with Crippen molar-refractivity contribution >= 4 is 26.0 Å². The van der Waals surface area contributed by atoms with Crippen LogP contribution in [0.3, 0.4) is 0 Å². The van der Waals surface area contributed by atoms with Crippen LogP contribution in [-0.4, -0.2) is 20.6 Å². The number of alkyl halides is 3. The summed E-state index contributed by atoms with van der Waals surface area (Å²) < 4.78 is 62.4. The molecule has 102 valence electrons. The highest BCUT2D eigenvalue weighted by molar-refractivity contribution is 9.10. The molecule has 1 aromatic carbocycles. The summed E-state index contributed by atoms with van der Waals surface area (Å²) in [6, 6.07) is 4.54. The van der Waals surface area contributed by atoms with Gasteiger partial charge in [-0.3, -0.25) is 0 Å². The van der Waals surface area contributed by atoms with Gasteiger partial charge in [-0.2, -0.15) is 13.2 Å². The summed E-state index contributed by atoms with van der Waals surface area (Å²) in [5.41, 5.74) is 0. The van der Waals surface area contributed by atoms with Crippen molar-refractivity contribution in [3.05, 3.63) is 28.7 Å². The van der Waals surface area contributed by atoms with Gasteiger partial charge in [0.2, 0.25) is 10.0 Å². The van der Waals surface area contributed by atoms with Crippen molar-refractivity contribution in [1.82, 2.24) is 4.72 Å². The van der Waals surface area contributed by atoms with E-state index in [1.807, 2.05) is 4.72 Å². The topological polar surface area (TPSA) is 46.2 Å². The van der Waals surface area contributed by atoms with Gasteiger partial charge in [0.1, 0.15) is 0 Å². The van der Waals surface area contributed by atoms with Crippen molar-refractivity contribution in [2.75, 3.05) is 0 Å². The minimum absolute atomic E-state index is 0.0779. The Morgan fingerprint density at radius 2 is 2.00 bits per heavy atom. The van der Waals surface area contributed by atoms with Crippen LogP contribution in [0.4, 0.5) is 13.2 Å². The standard InChI is InChI=1S/C10H11BrF3NO2S/c1-7(6-10(12,13)14)15-18(16,17)9-4-2-3-8(11)5-9/h2-5,7,15H,6H2,1H3. The van der Waals surface area contributed by atoms with Gasteiger partial charge in [-0.1, -0.05) is 22.0 Å². The number of benzene rings is 1. The van der Waals surface area contributed by atoms with Crippen LogP contribution in [0.5, 0.6) is 0 Å². The van der Waals surface area contributed by atoms with E-state index in [2.05, 4.69) is 15.9 Å². The fraction of sp³-hybridized carbons (Fsp3) is 0.400. The zero-order valence-electron chi connectivity index (χ0n) is 9.33. The van der Waals surface area contributed by atoms with E-state index in [0.717, 1.165) is 0 Å². The van der Waals surface area contributed by atoms with E-state index in [1.54, 1.807) is 6.07 Å². The maximum Gasteiger partial charge on any atom is 0.390 e. The third-order valence-electron chi connectivity index (χ3n) is 2.00. The van der Waals surface area contributed by atoms with Gasteiger partial charge < -0.3 is 0 Å². The van der Waals surface area contributed by atoms with Crippen molar-refractivity contribution in [1.29, 1.82) is 0 Å². The maximum atomic E-state index is 12.1. The molecule has 0 saturated heterocycles. The Balaban J connectivity index is 2.83. The van der Waals surface area contributed by atoms with Gasteiger partial charge in [0, 0.05) is 10.5 Å². The molecule has 0 saturated carbocycles. The van der Waals surface area contributed by atoms with Gasteiger partial charge in [-0.15, -0.1) is 0 Å². The molecule has 1 aromatic rings. The van der Waals surface area contributed by atoms with E-state index in [1.165, 1.54) is 25.1 Å². The van der Waals surface area contributed by atoms with Crippen LogP contribution in [0.2, 0.25) is 0 Å². The number of sulfonamides is 1. The van der Waals surface area contributed by atoms with Gasteiger partial charge in [-0.25, -0.2) is 13.1 Å². The van der Waals surface area contributed by atoms with Crippen molar-refractivity contribution in [3.63, 3.8) is 0 Å². The molecule has 8 heteroatoms. The molecule has 1 rings (SSSR count). The second-order valence-corrected chi connectivity index (χ2v) is 6.43. The molecule has 0 amide bonds. The fourth-order valence-electron chi connectivity index (χ4n) is 1.36. The van der Waals surface area contributed by atoms with Crippen LogP contribution >= 0.6 is 15.9 Å². The first-order valence-corrected chi connectivity index (χ1v) is 7.22. The number of hydrogen-bond donors (Lipinski definition) is 1. The van der Waals surface area contributed by atoms with Gasteiger partial charge in [0.15, 0.2) is 0 Å². The lowest BCUT2D eigenvalue weighted by molar-refractivity contribution is -0.137. The Morgan fingerprint density at radius 1 is 1.39 bits per heavy atom. The predicted octanol–water partition coefficient (Wildman–Crippen LogP) is 3.07. The molecule has 0 spiro atoms.